The van der Waals surface area contributed by atoms with E-state index in [9.17, 15) is 0 Å². The Labute approximate surface area is 112 Å². The van der Waals surface area contributed by atoms with E-state index in [0.29, 0.717) is 6.42 Å². The van der Waals surface area contributed by atoms with Crippen LogP contribution in [0.1, 0.15) is 5.82 Å². The van der Waals surface area contributed by atoms with Gasteiger partial charge in [0.25, 0.3) is 0 Å². The zero-order chi connectivity index (χ0) is 12.5. The number of imidazole rings is 1. The van der Waals surface area contributed by atoms with Crippen LogP contribution < -0.4 is 0 Å². The van der Waals surface area contributed by atoms with E-state index in [-0.39, 0.29) is 6.61 Å². The van der Waals surface area contributed by atoms with Crippen LogP contribution in [0.3, 0.4) is 0 Å². The molecule has 0 fully saturated rings. The van der Waals surface area contributed by atoms with Gasteiger partial charge >= 0.3 is 0 Å². The molecule has 4 nitrogen and oxygen atoms in total. The van der Waals surface area contributed by atoms with E-state index < -0.39 is 0 Å². The summed E-state index contributed by atoms with van der Waals surface area (Å²) in [5, 5.41) is 10.1. The van der Waals surface area contributed by atoms with E-state index in [1.54, 1.807) is 6.20 Å². The number of halogens is 1. The van der Waals surface area contributed by atoms with Crippen molar-refractivity contribution in [3.63, 3.8) is 0 Å². The molecule has 3 rings (SSSR count). The molecule has 92 valence electrons. The highest BCUT2D eigenvalue weighted by molar-refractivity contribution is 7.18. The van der Waals surface area contributed by atoms with Gasteiger partial charge in [-0.15, -0.1) is 11.3 Å². The number of nitrogens with zero attached hydrogens (tertiary/aromatic N) is 3. The number of pyridine rings is 1. The summed E-state index contributed by atoms with van der Waals surface area (Å²) in [5.41, 5.74) is 1.62. The van der Waals surface area contributed by atoms with Crippen molar-refractivity contribution in [3.05, 3.63) is 40.6 Å². The van der Waals surface area contributed by atoms with Gasteiger partial charge in [0.05, 0.1) is 10.9 Å². The second kappa shape index (κ2) is 4.68. The SMILES string of the molecule is OCCc1nc2cccnc2n1-c1ccc(Cl)s1. The van der Waals surface area contributed by atoms with Crippen LogP contribution in [0.4, 0.5) is 0 Å². The number of fused-ring (bicyclic) bond motifs is 1. The number of thiophene rings is 1. The van der Waals surface area contributed by atoms with Gasteiger partial charge in [-0.25, -0.2) is 9.97 Å². The molecule has 3 aromatic heterocycles. The van der Waals surface area contributed by atoms with E-state index in [1.807, 2.05) is 28.8 Å². The predicted molar refractivity (Wildman–Crippen MR) is 72.5 cm³/mol. The van der Waals surface area contributed by atoms with Crippen molar-refractivity contribution in [2.75, 3.05) is 6.61 Å². The molecule has 18 heavy (non-hydrogen) atoms. The average Bonchev–Trinajstić information content (AvgIpc) is 2.92. The van der Waals surface area contributed by atoms with Crippen LogP contribution in [0, 0.1) is 0 Å². The molecule has 0 spiro atoms. The predicted octanol–water partition coefficient (Wildman–Crippen LogP) is 2.67. The quantitative estimate of drug-likeness (QED) is 0.802. The maximum atomic E-state index is 9.12. The molecule has 0 unspecified atom stereocenters. The largest absolute Gasteiger partial charge is 0.396 e. The van der Waals surface area contributed by atoms with E-state index in [4.69, 9.17) is 16.7 Å². The number of hydrogen-bond donors (Lipinski definition) is 1. The first-order valence-corrected chi connectivity index (χ1v) is 6.68. The molecule has 0 atom stereocenters. The molecule has 3 aromatic rings. The first-order chi connectivity index (χ1) is 8.79. The minimum atomic E-state index is 0.0580. The highest BCUT2D eigenvalue weighted by Crippen LogP contribution is 2.28. The number of hydrogen-bond acceptors (Lipinski definition) is 4. The molecule has 1 N–H and O–H groups in total. The molecule has 0 saturated carbocycles. The van der Waals surface area contributed by atoms with Crippen LogP contribution in [-0.2, 0) is 6.42 Å². The lowest BCUT2D eigenvalue weighted by Crippen LogP contribution is -2.02. The number of aliphatic hydroxyl groups excluding tert-OH is 1. The van der Waals surface area contributed by atoms with Gasteiger partial charge in [-0.1, -0.05) is 11.6 Å². The van der Waals surface area contributed by atoms with Crippen molar-refractivity contribution in [3.8, 4) is 5.00 Å². The van der Waals surface area contributed by atoms with Crippen LogP contribution in [0.2, 0.25) is 4.34 Å². The maximum absolute atomic E-state index is 9.12. The summed E-state index contributed by atoms with van der Waals surface area (Å²) in [7, 11) is 0. The fourth-order valence-corrected chi connectivity index (χ4v) is 2.94. The first kappa shape index (κ1) is 11.6. The van der Waals surface area contributed by atoms with Gasteiger partial charge < -0.3 is 5.11 Å². The Bertz CT molecular complexity index is 692. The fourth-order valence-electron chi connectivity index (χ4n) is 1.88. The smallest absolute Gasteiger partial charge is 0.165 e. The molecule has 6 heteroatoms. The van der Waals surface area contributed by atoms with Gasteiger partial charge in [0.1, 0.15) is 16.3 Å². The van der Waals surface area contributed by atoms with Crippen LogP contribution in [0.15, 0.2) is 30.5 Å². The Balaban J connectivity index is 2.27. The van der Waals surface area contributed by atoms with Gasteiger partial charge in [0.15, 0.2) is 5.65 Å². The summed E-state index contributed by atoms with van der Waals surface area (Å²) in [5.74, 6) is 0.796. The summed E-state index contributed by atoms with van der Waals surface area (Å²) < 4.78 is 2.67. The summed E-state index contributed by atoms with van der Waals surface area (Å²) in [6.45, 7) is 0.0580. The van der Waals surface area contributed by atoms with Crippen molar-refractivity contribution in [1.29, 1.82) is 0 Å². The molecule has 0 amide bonds. The lowest BCUT2D eigenvalue weighted by Gasteiger charge is -2.04. The highest BCUT2D eigenvalue weighted by atomic mass is 35.5. The van der Waals surface area contributed by atoms with Crippen LogP contribution in [0.25, 0.3) is 16.2 Å². The molecule has 0 saturated heterocycles. The number of aromatic nitrogens is 3. The molecule has 0 aromatic carbocycles. The number of aliphatic hydroxyl groups is 1. The van der Waals surface area contributed by atoms with Crippen LogP contribution in [0.5, 0.6) is 0 Å². The normalized spacial score (nSPS) is 11.2. The van der Waals surface area contributed by atoms with E-state index in [0.717, 1.165) is 26.3 Å². The van der Waals surface area contributed by atoms with E-state index in [2.05, 4.69) is 9.97 Å². The summed E-state index contributed by atoms with van der Waals surface area (Å²) >= 11 is 7.44. The zero-order valence-electron chi connectivity index (χ0n) is 9.38. The Hall–Kier alpha value is -1.43. The molecule has 0 aliphatic rings. The highest BCUT2D eigenvalue weighted by Gasteiger charge is 2.14. The first-order valence-electron chi connectivity index (χ1n) is 5.48. The Morgan fingerprint density at radius 2 is 2.22 bits per heavy atom. The summed E-state index contributed by atoms with van der Waals surface area (Å²) in [6.07, 6.45) is 2.23. The zero-order valence-corrected chi connectivity index (χ0v) is 10.9. The molecule has 3 heterocycles. The van der Waals surface area contributed by atoms with E-state index >= 15 is 0 Å². The topological polar surface area (TPSA) is 50.9 Å². The maximum Gasteiger partial charge on any atom is 0.165 e. The van der Waals surface area contributed by atoms with Gasteiger partial charge in [-0.05, 0) is 24.3 Å². The molecule has 0 aliphatic carbocycles. The Kier molecular flexibility index (Phi) is 3.03. The monoisotopic (exact) mass is 279 g/mol. The van der Waals surface area contributed by atoms with Gasteiger partial charge in [-0.2, -0.15) is 0 Å². The summed E-state index contributed by atoms with van der Waals surface area (Å²) in [6, 6.07) is 7.54. The van der Waals surface area contributed by atoms with Gasteiger partial charge in [0.2, 0.25) is 0 Å². The van der Waals surface area contributed by atoms with Crippen molar-refractivity contribution >= 4 is 34.1 Å². The Morgan fingerprint density at radius 3 is 2.94 bits per heavy atom. The lowest BCUT2D eigenvalue weighted by atomic mass is 10.4. The molecular formula is C12H10ClN3OS. The molecule has 0 radical (unpaired) electrons. The summed E-state index contributed by atoms with van der Waals surface area (Å²) in [4.78, 5) is 8.84. The standard InChI is InChI=1S/C12H10ClN3OS/c13-9-3-4-11(18-9)16-10(5-7-17)15-8-2-1-6-14-12(8)16/h1-4,6,17H,5,7H2. The van der Waals surface area contributed by atoms with E-state index in [1.165, 1.54) is 11.3 Å². The van der Waals surface area contributed by atoms with Crippen LogP contribution >= 0.6 is 22.9 Å². The molecule has 0 bridgehead atoms. The molecule has 0 aliphatic heterocycles. The minimum absolute atomic E-state index is 0.0580. The Morgan fingerprint density at radius 1 is 1.33 bits per heavy atom. The second-order valence-electron chi connectivity index (χ2n) is 3.76. The third-order valence-electron chi connectivity index (χ3n) is 2.60. The van der Waals surface area contributed by atoms with Gasteiger partial charge in [-0.3, -0.25) is 4.57 Å². The third-order valence-corrected chi connectivity index (χ3v) is 3.82. The third kappa shape index (κ3) is 1.90. The van der Waals surface area contributed by atoms with Crippen LogP contribution in [-0.4, -0.2) is 26.2 Å². The lowest BCUT2D eigenvalue weighted by molar-refractivity contribution is 0.296. The average molecular weight is 280 g/mol. The van der Waals surface area contributed by atoms with Crippen molar-refractivity contribution < 1.29 is 5.11 Å². The number of rotatable bonds is 3. The molecular weight excluding hydrogens is 270 g/mol. The van der Waals surface area contributed by atoms with Crippen molar-refractivity contribution in [1.82, 2.24) is 14.5 Å². The van der Waals surface area contributed by atoms with Crippen molar-refractivity contribution in [2.45, 2.75) is 6.42 Å². The fraction of sp³-hybridized carbons (Fsp3) is 0.167. The van der Waals surface area contributed by atoms with Gasteiger partial charge in [0, 0.05) is 12.6 Å². The minimum Gasteiger partial charge on any atom is -0.396 e. The second-order valence-corrected chi connectivity index (χ2v) is 5.45. The van der Waals surface area contributed by atoms with Crippen molar-refractivity contribution in [2.24, 2.45) is 0 Å².